The quantitative estimate of drug-likeness (QED) is 0.839. The molecule has 1 rings (SSSR count). The van der Waals surface area contributed by atoms with Crippen molar-refractivity contribution >= 4 is 21.9 Å². The standard InChI is InChI=1S/C12H15BrFNO3/c1-12(2,11(17)18-3)10(15)8-6(13)4-5-7(14)9(8)16/h4-5,10,16H,15H2,1-3H3/t10-/m0/s1. The highest BCUT2D eigenvalue weighted by Crippen LogP contribution is 2.41. The summed E-state index contributed by atoms with van der Waals surface area (Å²) in [6.07, 6.45) is 0. The lowest BCUT2D eigenvalue weighted by atomic mass is 9.80. The van der Waals surface area contributed by atoms with Gasteiger partial charge in [-0.05, 0) is 26.0 Å². The van der Waals surface area contributed by atoms with Crippen molar-refractivity contribution in [1.82, 2.24) is 0 Å². The van der Waals surface area contributed by atoms with Crippen LogP contribution in [0.3, 0.4) is 0 Å². The summed E-state index contributed by atoms with van der Waals surface area (Å²) in [5.41, 5.74) is 5.01. The normalized spacial score (nSPS) is 13.2. The number of carbonyl (C=O) groups excluding carboxylic acids is 1. The molecule has 0 radical (unpaired) electrons. The van der Waals surface area contributed by atoms with Gasteiger partial charge in [0, 0.05) is 10.0 Å². The van der Waals surface area contributed by atoms with Gasteiger partial charge < -0.3 is 15.6 Å². The van der Waals surface area contributed by atoms with Gasteiger partial charge in [0.1, 0.15) is 0 Å². The fourth-order valence-corrected chi connectivity index (χ4v) is 2.17. The molecule has 0 aliphatic carbocycles. The number of hydrogen-bond donors (Lipinski definition) is 2. The van der Waals surface area contributed by atoms with E-state index in [-0.39, 0.29) is 5.56 Å². The van der Waals surface area contributed by atoms with Crippen LogP contribution in [-0.4, -0.2) is 18.2 Å². The SMILES string of the molecule is COC(=O)C(C)(C)[C@@H](N)c1c(Br)ccc(F)c1O. The smallest absolute Gasteiger partial charge is 0.313 e. The monoisotopic (exact) mass is 319 g/mol. The molecular formula is C12H15BrFNO3. The largest absolute Gasteiger partial charge is 0.505 e. The Morgan fingerprint density at radius 3 is 2.61 bits per heavy atom. The van der Waals surface area contributed by atoms with E-state index in [1.807, 2.05) is 0 Å². The van der Waals surface area contributed by atoms with Gasteiger partial charge in [-0.15, -0.1) is 0 Å². The summed E-state index contributed by atoms with van der Waals surface area (Å²) in [5.74, 6) is -1.89. The Kier molecular flexibility index (Phi) is 4.34. The summed E-state index contributed by atoms with van der Waals surface area (Å²) in [6, 6.07) is 1.63. The van der Waals surface area contributed by atoms with Gasteiger partial charge in [-0.2, -0.15) is 0 Å². The number of phenolic OH excluding ortho intramolecular Hbond substituents is 1. The third-order valence-corrected chi connectivity index (χ3v) is 3.61. The van der Waals surface area contributed by atoms with Crippen LogP contribution < -0.4 is 5.73 Å². The van der Waals surface area contributed by atoms with Crippen molar-refractivity contribution in [3.05, 3.63) is 28.0 Å². The second-order valence-corrected chi connectivity index (χ2v) is 5.34. The van der Waals surface area contributed by atoms with Crippen LogP contribution in [-0.2, 0) is 9.53 Å². The molecule has 0 saturated heterocycles. The van der Waals surface area contributed by atoms with E-state index in [2.05, 4.69) is 20.7 Å². The third kappa shape index (κ3) is 2.49. The molecule has 0 heterocycles. The molecule has 1 aromatic carbocycles. The first-order valence-electron chi connectivity index (χ1n) is 5.24. The zero-order valence-corrected chi connectivity index (χ0v) is 11.9. The zero-order chi connectivity index (χ0) is 14.1. The summed E-state index contributed by atoms with van der Waals surface area (Å²) < 4.78 is 18.4. The first kappa shape index (κ1) is 14.9. The highest BCUT2D eigenvalue weighted by molar-refractivity contribution is 9.10. The molecule has 3 N–H and O–H groups in total. The number of nitrogens with two attached hydrogens (primary N) is 1. The minimum Gasteiger partial charge on any atom is -0.505 e. The number of esters is 1. The van der Waals surface area contributed by atoms with Gasteiger partial charge in [0.2, 0.25) is 0 Å². The summed E-state index contributed by atoms with van der Waals surface area (Å²) in [5, 5.41) is 9.73. The molecule has 100 valence electrons. The number of hydrogen-bond acceptors (Lipinski definition) is 4. The summed E-state index contributed by atoms with van der Waals surface area (Å²) in [6.45, 7) is 3.14. The maximum absolute atomic E-state index is 13.3. The Morgan fingerprint density at radius 2 is 2.11 bits per heavy atom. The van der Waals surface area contributed by atoms with Gasteiger partial charge in [-0.3, -0.25) is 4.79 Å². The number of benzene rings is 1. The molecule has 0 amide bonds. The van der Waals surface area contributed by atoms with E-state index in [4.69, 9.17) is 5.73 Å². The lowest BCUT2D eigenvalue weighted by Gasteiger charge is -2.30. The molecule has 0 aromatic heterocycles. The molecule has 1 aromatic rings. The van der Waals surface area contributed by atoms with Crippen molar-refractivity contribution in [2.24, 2.45) is 11.1 Å². The predicted octanol–water partition coefficient (Wildman–Crippen LogP) is 2.49. The van der Waals surface area contributed by atoms with E-state index in [0.29, 0.717) is 4.47 Å². The lowest BCUT2D eigenvalue weighted by molar-refractivity contribution is -0.152. The van der Waals surface area contributed by atoms with Gasteiger partial charge in [-0.25, -0.2) is 4.39 Å². The highest BCUT2D eigenvalue weighted by atomic mass is 79.9. The summed E-state index contributed by atoms with van der Waals surface area (Å²) in [7, 11) is 1.25. The lowest BCUT2D eigenvalue weighted by Crippen LogP contribution is -2.37. The topological polar surface area (TPSA) is 72.5 Å². The second kappa shape index (κ2) is 5.24. The zero-order valence-electron chi connectivity index (χ0n) is 10.3. The first-order chi connectivity index (χ1) is 8.23. The Morgan fingerprint density at radius 1 is 1.56 bits per heavy atom. The van der Waals surface area contributed by atoms with Crippen molar-refractivity contribution < 1.29 is 19.0 Å². The van der Waals surface area contributed by atoms with E-state index >= 15 is 0 Å². The van der Waals surface area contributed by atoms with Gasteiger partial charge in [0.05, 0.1) is 18.6 Å². The number of methoxy groups -OCH3 is 1. The van der Waals surface area contributed by atoms with Crippen LogP contribution in [0.1, 0.15) is 25.5 Å². The second-order valence-electron chi connectivity index (χ2n) is 4.48. The molecule has 0 saturated carbocycles. The van der Waals surface area contributed by atoms with Crippen molar-refractivity contribution in [2.75, 3.05) is 7.11 Å². The number of rotatable bonds is 3. The minimum absolute atomic E-state index is 0.144. The van der Waals surface area contributed by atoms with E-state index in [9.17, 15) is 14.3 Å². The Bertz CT molecular complexity index is 477. The molecule has 4 nitrogen and oxygen atoms in total. The number of ether oxygens (including phenoxy) is 1. The number of halogens is 2. The Hall–Kier alpha value is -1.14. The van der Waals surface area contributed by atoms with Gasteiger partial charge in [-0.1, -0.05) is 15.9 Å². The molecule has 0 aliphatic heterocycles. The molecule has 0 aliphatic rings. The fourth-order valence-electron chi connectivity index (χ4n) is 1.60. The van der Waals surface area contributed by atoms with E-state index in [1.54, 1.807) is 13.8 Å². The van der Waals surface area contributed by atoms with Gasteiger partial charge in [0.15, 0.2) is 11.6 Å². The highest BCUT2D eigenvalue weighted by Gasteiger charge is 2.39. The summed E-state index contributed by atoms with van der Waals surface area (Å²) >= 11 is 3.19. The fraction of sp³-hybridized carbons (Fsp3) is 0.417. The third-order valence-electron chi connectivity index (χ3n) is 2.91. The van der Waals surface area contributed by atoms with Crippen LogP contribution in [0.25, 0.3) is 0 Å². The van der Waals surface area contributed by atoms with Crippen molar-refractivity contribution in [3.63, 3.8) is 0 Å². The number of phenols is 1. The first-order valence-corrected chi connectivity index (χ1v) is 6.03. The van der Waals surface area contributed by atoms with Crippen LogP contribution in [0.4, 0.5) is 4.39 Å². The van der Waals surface area contributed by atoms with Crippen molar-refractivity contribution in [2.45, 2.75) is 19.9 Å². The maximum atomic E-state index is 13.3. The van der Waals surface area contributed by atoms with E-state index in [0.717, 1.165) is 6.07 Å². The van der Waals surface area contributed by atoms with Gasteiger partial charge >= 0.3 is 5.97 Å². The van der Waals surface area contributed by atoms with E-state index < -0.39 is 29.0 Å². The number of aromatic hydroxyl groups is 1. The average Bonchev–Trinajstić information content (AvgIpc) is 2.33. The molecular weight excluding hydrogens is 305 g/mol. The van der Waals surface area contributed by atoms with Crippen molar-refractivity contribution in [3.8, 4) is 5.75 Å². The van der Waals surface area contributed by atoms with Crippen LogP contribution in [0, 0.1) is 11.2 Å². The summed E-state index contributed by atoms with van der Waals surface area (Å²) in [4.78, 5) is 11.7. The molecule has 18 heavy (non-hydrogen) atoms. The van der Waals surface area contributed by atoms with Crippen LogP contribution in [0.5, 0.6) is 5.75 Å². The van der Waals surface area contributed by atoms with Crippen LogP contribution >= 0.6 is 15.9 Å². The predicted molar refractivity (Wildman–Crippen MR) is 68.5 cm³/mol. The molecule has 6 heteroatoms. The molecule has 0 bridgehead atoms. The minimum atomic E-state index is -1.09. The Labute approximate surface area is 113 Å². The molecule has 1 atom stereocenters. The Balaban J connectivity index is 3.31. The molecule has 0 unspecified atom stereocenters. The van der Waals surface area contributed by atoms with E-state index in [1.165, 1.54) is 13.2 Å². The van der Waals surface area contributed by atoms with Gasteiger partial charge in [0.25, 0.3) is 0 Å². The average molecular weight is 320 g/mol. The number of carbonyl (C=O) groups is 1. The maximum Gasteiger partial charge on any atom is 0.313 e. The van der Waals surface area contributed by atoms with Crippen molar-refractivity contribution in [1.29, 1.82) is 0 Å². The van der Waals surface area contributed by atoms with Crippen LogP contribution in [0.2, 0.25) is 0 Å². The molecule has 0 fully saturated rings. The van der Waals surface area contributed by atoms with Crippen LogP contribution in [0.15, 0.2) is 16.6 Å². The molecule has 0 spiro atoms.